The van der Waals surface area contributed by atoms with Crippen LogP contribution in [-0.2, 0) is 44.8 Å². The first-order valence-electron chi connectivity index (χ1n) is 14.9. The highest BCUT2D eigenvalue weighted by Crippen LogP contribution is 2.09. The zero-order valence-corrected chi connectivity index (χ0v) is 28.3. The maximum absolute atomic E-state index is 11.6. The fraction of sp³-hybridized carbons (Fsp3) is 0.567. The number of ether oxygens (including phenoxy) is 2. The van der Waals surface area contributed by atoms with Gasteiger partial charge in [0.2, 0.25) is 0 Å². The number of carboxylic acids is 3. The van der Waals surface area contributed by atoms with Crippen LogP contribution >= 0.6 is 0 Å². The van der Waals surface area contributed by atoms with Gasteiger partial charge in [0, 0.05) is 6.92 Å². The van der Waals surface area contributed by atoms with Crippen LogP contribution in [0.2, 0.25) is 0 Å². The lowest BCUT2D eigenvalue weighted by molar-refractivity contribution is -0.157. The van der Waals surface area contributed by atoms with E-state index in [0.717, 1.165) is 12.5 Å². The van der Waals surface area contributed by atoms with Crippen molar-refractivity contribution in [2.24, 2.45) is 17.4 Å². The van der Waals surface area contributed by atoms with Crippen LogP contribution in [0.3, 0.4) is 0 Å². The molecule has 0 saturated heterocycles. The second kappa shape index (κ2) is 28.1. The number of esters is 1. The molecule has 0 bridgehead atoms. The van der Waals surface area contributed by atoms with E-state index in [4.69, 9.17) is 61.9 Å². The molecule has 0 heterocycles. The molecule has 21 heteroatoms. The SMILES string of the molecule is CC(=O)F.CC(OC(=O)C(N)CC(=O)O)C(N)C(=O)O.CCC(C)C(NC(=O)OCc1ccccc1)C(=O)O.O=CC(O)C(O)C(O)C(O)CO. The molecular weight excluding hydrogens is 693 g/mol. The predicted octanol–water partition coefficient (Wildman–Crippen LogP) is -2.33. The molecule has 1 aromatic carbocycles. The summed E-state index contributed by atoms with van der Waals surface area (Å²) in [7, 11) is 0. The second-order valence-electron chi connectivity index (χ2n) is 10.4. The standard InChI is InChI=1S/C14H19NO4.C8H14N2O6.C6H12O6.C2H3FO/c1-3-10(2)12(13(16)17)15-14(18)19-9-11-7-5-4-6-8-11;1-3(6(10)7(13)14)16-8(15)4(9)2-5(11)12;7-1-3(9)5(11)6(12)4(10)2-8;1-2(3)4/h4-8,10,12H,3,9H2,1-2H3,(H,15,18)(H,16,17);3-4,6H,2,9-10H2,1H3,(H,11,12)(H,13,14);1,3-6,8-12H,2H2;1H3. The minimum absolute atomic E-state index is 0.0258. The lowest BCUT2D eigenvalue weighted by Gasteiger charge is -2.22. The molecule has 1 rings (SSSR count). The number of nitrogens with two attached hydrogens (primary N) is 2. The Hall–Kier alpha value is -4.64. The van der Waals surface area contributed by atoms with Crippen molar-refractivity contribution in [3.8, 4) is 0 Å². The zero-order chi connectivity index (χ0) is 40.4. The van der Waals surface area contributed by atoms with Gasteiger partial charge in [0.25, 0.3) is 6.04 Å². The summed E-state index contributed by atoms with van der Waals surface area (Å²) in [5.74, 6) is -4.77. The Morgan fingerprint density at radius 3 is 1.82 bits per heavy atom. The van der Waals surface area contributed by atoms with Gasteiger partial charge in [-0.25, -0.2) is 9.59 Å². The lowest BCUT2D eigenvalue weighted by atomic mass is 10.00. The summed E-state index contributed by atoms with van der Waals surface area (Å²) in [6, 6.07) is 4.25. The number of aliphatic hydroxyl groups excluding tert-OH is 5. The van der Waals surface area contributed by atoms with E-state index in [1.54, 1.807) is 6.92 Å². The van der Waals surface area contributed by atoms with Crippen molar-refractivity contribution in [2.45, 2.75) is 95.8 Å². The highest BCUT2D eigenvalue weighted by Gasteiger charge is 2.30. The first-order chi connectivity index (χ1) is 23.6. The number of nitrogens with one attached hydrogen (secondary N) is 1. The quantitative estimate of drug-likeness (QED) is 0.0453. The van der Waals surface area contributed by atoms with Crippen LogP contribution in [0.1, 0.15) is 46.1 Å². The molecule has 0 aliphatic carbocycles. The van der Waals surface area contributed by atoms with E-state index < -0.39 is 97.7 Å². The number of halogens is 1. The molecule has 0 aliphatic rings. The maximum atomic E-state index is 11.6. The Balaban J connectivity index is -0.000000657. The molecule has 0 radical (unpaired) electrons. The van der Waals surface area contributed by atoms with Crippen LogP contribution < -0.4 is 16.8 Å². The van der Waals surface area contributed by atoms with E-state index >= 15 is 0 Å². The van der Waals surface area contributed by atoms with Crippen LogP contribution in [0.25, 0.3) is 0 Å². The van der Waals surface area contributed by atoms with Gasteiger partial charge in [0.05, 0.1) is 13.0 Å². The van der Waals surface area contributed by atoms with E-state index in [1.807, 2.05) is 37.3 Å². The summed E-state index contributed by atoms with van der Waals surface area (Å²) >= 11 is 0. The second-order valence-corrected chi connectivity index (χ2v) is 10.4. The molecule has 1 amide bonds. The van der Waals surface area contributed by atoms with Gasteiger partial charge < -0.3 is 71.9 Å². The summed E-state index contributed by atoms with van der Waals surface area (Å²) in [6.45, 7) is 5.15. The van der Waals surface area contributed by atoms with Gasteiger partial charge in [-0.05, 0) is 18.4 Å². The Bertz CT molecular complexity index is 1210. The molecule has 1 aromatic rings. The molecule has 0 saturated carbocycles. The summed E-state index contributed by atoms with van der Waals surface area (Å²) in [6.07, 6.45) is -8.56. The van der Waals surface area contributed by atoms with E-state index in [-0.39, 0.29) is 18.8 Å². The minimum Gasteiger partial charge on any atom is -0.481 e. The molecule has 292 valence electrons. The largest absolute Gasteiger partial charge is 0.481 e. The van der Waals surface area contributed by atoms with Gasteiger partial charge in [0.1, 0.15) is 55.3 Å². The number of rotatable bonds is 17. The van der Waals surface area contributed by atoms with Gasteiger partial charge in [-0.2, -0.15) is 4.39 Å². The first kappa shape index (κ1) is 50.7. The van der Waals surface area contributed by atoms with E-state index in [9.17, 15) is 33.2 Å². The van der Waals surface area contributed by atoms with Crippen molar-refractivity contribution in [1.82, 2.24) is 5.32 Å². The third-order valence-electron chi connectivity index (χ3n) is 6.18. The summed E-state index contributed by atoms with van der Waals surface area (Å²) in [5, 5.41) is 71.8. The third-order valence-corrected chi connectivity index (χ3v) is 6.18. The predicted molar refractivity (Wildman–Crippen MR) is 171 cm³/mol. The van der Waals surface area contributed by atoms with Gasteiger partial charge >= 0.3 is 30.0 Å². The normalized spacial score (nSPS) is 15.5. The van der Waals surface area contributed by atoms with Crippen LogP contribution in [0, 0.1) is 5.92 Å². The summed E-state index contributed by atoms with van der Waals surface area (Å²) in [5.41, 5.74) is 11.2. The third kappa shape index (κ3) is 25.0. The molecule has 20 nitrogen and oxygen atoms in total. The van der Waals surface area contributed by atoms with E-state index in [1.165, 1.54) is 6.92 Å². The van der Waals surface area contributed by atoms with Gasteiger partial charge in [0.15, 0.2) is 6.29 Å². The molecule has 0 spiro atoms. The fourth-order valence-corrected chi connectivity index (χ4v) is 3.01. The number of hydrogen-bond acceptors (Lipinski definition) is 16. The van der Waals surface area contributed by atoms with Crippen LogP contribution in [0.5, 0.6) is 0 Å². The fourth-order valence-electron chi connectivity index (χ4n) is 3.01. The van der Waals surface area contributed by atoms with Crippen molar-refractivity contribution < 1.29 is 88.3 Å². The van der Waals surface area contributed by atoms with Crippen LogP contribution in [0.4, 0.5) is 9.18 Å². The number of hydrogen-bond donors (Lipinski definition) is 11. The number of carboxylic acid groups (broad SMARTS) is 3. The van der Waals surface area contributed by atoms with E-state index in [0.29, 0.717) is 6.42 Å². The molecular formula is C30H48FN3O17. The molecule has 0 aromatic heterocycles. The van der Waals surface area contributed by atoms with Crippen molar-refractivity contribution in [3.05, 3.63) is 35.9 Å². The Labute approximate surface area is 291 Å². The Kier molecular flexibility index (Phi) is 28.0. The van der Waals surface area contributed by atoms with Crippen molar-refractivity contribution in [3.63, 3.8) is 0 Å². The molecule has 0 fully saturated rings. The number of carbonyl (C=O) groups is 7. The number of alkyl carbamates (subject to hydrolysis) is 1. The average molecular weight is 742 g/mol. The topological polar surface area (TPSA) is 364 Å². The van der Waals surface area contributed by atoms with Crippen LogP contribution in [0.15, 0.2) is 30.3 Å². The van der Waals surface area contributed by atoms with Gasteiger partial charge in [-0.1, -0.05) is 50.6 Å². The van der Waals surface area contributed by atoms with Crippen molar-refractivity contribution in [2.75, 3.05) is 6.61 Å². The first-order valence-corrected chi connectivity index (χ1v) is 14.9. The number of carbonyl (C=O) groups excluding carboxylic acids is 4. The Morgan fingerprint density at radius 2 is 1.43 bits per heavy atom. The van der Waals surface area contributed by atoms with Crippen molar-refractivity contribution in [1.29, 1.82) is 0 Å². The minimum atomic E-state index is -1.79. The number of benzene rings is 1. The monoisotopic (exact) mass is 741 g/mol. The molecule has 9 unspecified atom stereocenters. The molecule has 51 heavy (non-hydrogen) atoms. The summed E-state index contributed by atoms with van der Waals surface area (Å²) < 4.78 is 20.0. The van der Waals surface area contributed by atoms with Crippen LogP contribution in [-0.4, -0.2) is 138 Å². The molecule has 13 N–H and O–H groups in total. The number of aliphatic carboxylic acids is 3. The maximum Gasteiger partial charge on any atom is 0.408 e. The zero-order valence-electron chi connectivity index (χ0n) is 28.3. The molecule has 0 aliphatic heterocycles. The number of aldehydes is 1. The smallest absolute Gasteiger partial charge is 0.408 e. The highest BCUT2D eigenvalue weighted by atomic mass is 19.1. The Morgan fingerprint density at radius 1 is 0.922 bits per heavy atom. The van der Waals surface area contributed by atoms with Crippen molar-refractivity contribution >= 4 is 42.3 Å². The number of amides is 1. The summed E-state index contributed by atoms with van der Waals surface area (Å²) in [4.78, 5) is 73.1. The van der Waals surface area contributed by atoms with Gasteiger partial charge in [-0.3, -0.25) is 19.2 Å². The number of aliphatic hydroxyl groups is 5. The van der Waals surface area contributed by atoms with E-state index in [2.05, 4.69) is 10.1 Å². The lowest BCUT2D eigenvalue weighted by Crippen LogP contribution is -2.46. The van der Waals surface area contributed by atoms with Gasteiger partial charge in [-0.15, -0.1) is 0 Å². The highest BCUT2D eigenvalue weighted by molar-refractivity contribution is 5.82. The average Bonchev–Trinajstić information content (AvgIpc) is 3.07. The molecule has 9 atom stereocenters.